The zero-order valence-electron chi connectivity index (χ0n) is 8.39. The van der Waals surface area contributed by atoms with Gasteiger partial charge in [-0.2, -0.15) is 8.42 Å². The fourth-order valence-electron chi connectivity index (χ4n) is 1.73. The molecule has 0 spiro atoms. The molecule has 1 N–H and O–H groups in total. The van der Waals surface area contributed by atoms with Crippen LogP contribution in [0.4, 0.5) is 3.89 Å². The molecule has 15 heavy (non-hydrogen) atoms. The molecule has 5 nitrogen and oxygen atoms in total. The third-order valence-electron chi connectivity index (χ3n) is 2.47. The second kappa shape index (κ2) is 4.44. The molecule has 88 valence electrons. The van der Waals surface area contributed by atoms with Gasteiger partial charge in [0.05, 0.1) is 18.4 Å². The molecule has 1 rings (SSSR count). The molecular weight excluding hydrogens is 225 g/mol. The van der Waals surface area contributed by atoms with E-state index in [4.69, 9.17) is 5.11 Å². The smallest absolute Gasteiger partial charge is 0.302 e. The summed E-state index contributed by atoms with van der Waals surface area (Å²) in [7, 11) is -4.53. The molecule has 1 amide bonds. The quantitative estimate of drug-likeness (QED) is 0.672. The van der Waals surface area contributed by atoms with E-state index in [0.29, 0.717) is 0 Å². The van der Waals surface area contributed by atoms with Gasteiger partial charge in [-0.25, -0.2) is 0 Å². The zero-order valence-corrected chi connectivity index (χ0v) is 9.21. The Kier molecular flexibility index (Phi) is 3.67. The Morgan fingerprint density at radius 3 is 2.73 bits per heavy atom. The molecule has 0 aromatic carbocycles. The molecule has 0 aromatic rings. The second-order valence-electron chi connectivity index (χ2n) is 3.85. The van der Waals surface area contributed by atoms with Gasteiger partial charge in [0.15, 0.2) is 0 Å². The summed E-state index contributed by atoms with van der Waals surface area (Å²) in [5, 5.41) is 8.85. The first-order valence-electron chi connectivity index (χ1n) is 4.66. The first-order valence-corrected chi connectivity index (χ1v) is 6.21. The van der Waals surface area contributed by atoms with Crippen molar-refractivity contribution in [1.29, 1.82) is 0 Å². The Labute approximate surface area is 88.1 Å². The van der Waals surface area contributed by atoms with Gasteiger partial charge in [0.2, 0.25) is 5.91 Å². The predicted molar refractivity (Wildman–Crippen MR) is 51.3 cm³/mol. The molecule has 1 fully saturated rings. The van der Waals surface area contributed by atoms with Crippen LogP contribution < -0.4 is 0 Å². The fourth-order valence-corrected chi connectivity index (χ4v) is 2.51. The van der Waals surface area contributed by atoms with Gasteiger partial charge in [-0.3, -0.25) is 4.79 Å². The predicted octanol–water partition coefficient (Wildman–Crippen LogP) is -0.485. The molecule has 1 unspecified atom stereocenters. The molecule has 1 heterocycles. The van der Waals surface area contributed by atoms with Crippen LogP contribution >= 0.6 is 0 Å². The summed E-state index contributed by atoms with van der Waals surface area (Å²) in [5.41, 5.74) is 0. The second-order valence-corrected chi connectivity index (χ2v) is 5.26. The molecule has 1 saturated heterocycles. The highest BCUT2D eigenvalue weighted by Crippen LogP contribution is 2.21. The summed E-state index contributed by atoms with van der Waals surface area (Å²) in [6.07, 6.45) is 0.0352. The zero-order chi connectivity index (χ0) is 11.6. The Morgan fingerprint density at radius 1 is 1.67 bits per heavy atom. The third kappa shape index (κ3) is 3.42. The minimum absolute atomic E-state index is 0.0352. The number of amides is 1. The number of hydrogen-bond acceptors (Lipinski definition) is 4. The van der Waals surface area contributed by atoms with Crippen LogP contribution in [0.5, 0.6) is 0 Å². The molecule has 0 aromatic heterocycles. The fraction of sp³-hybridized carbons (Fsp3) is 0.875. The van der Waals surface area contributed by atoms with Crippen molar-refractivity contribution in [2.45, 2.75) is 19.4 Å². The average molecular weight is 239 g/mol. The van der Waals surface area contributed by atoms with E-state index in [0.717, 1.165) is 0 Å². The summed E-state index contributed by atoms with van der Waals surface area (Å²) in [6, 6.07) is -0.343. The van der Waals surface area contributed by atoms with E-state index in [2.05, 4.69) is 0 Å². The Morgan fingerprint density at radius 2 is 2.27 bits per heavy atom. The Bertz CT molecular complexity index is 343. The highest BCUT2D eigenvalue weighted by molar-refractivity contribution is 7.86. The molecule has 0 radical (unpaired) electrons. The summed E-state index contributed by atoms with van der Waals surface area (Å²) >= 11 is 0. The molecule has 7 heteroatoms. The number of rotatable bonds is 4. The van der Waals surface area contributed by atoms with Crippen LogP contribution in [0.25, 0.3) is 0 Å². The number of likely N-dealkylation sites (tertiary alicyclic amines) is 1. The van der Waals surface area contributed by atoms with Crippen LogP contribution in [0.15, 0.2) is 0 Å². The van der Waals surface area contributed by atoms with Crippen LogP contribution in [0, 0.1) is 5.92 Å². The molecular formula is C8H14FNO4S. The number of hydrogen-bond donors (Lipinski definition) is 1. The minimum atomic E-state index is -4.53. The van der Waals surface area contributed by atoms with Gasteiger partial charge < -0.3 is 10.0 Å². The molecule has 0 bridgehead atoms. The van der Waals surface area contributed by atoms with Gasteiger partial charge in [0, 0.05) is 18.9 Å². The lowest BCUT2D eigenvalue weighted by Gasteiger charge is -2.22. The maximum atomic E-state index is 12.4. The van der Waals surface area contributed by atoms with E-state index in [1.165, 1.54) is 4.90 Å². The third-order valence-corrected chi connectivity index (χ3v) is 3.34. The Balaban J connectivity index is 2.60. The Hall–Kier alpha value is -0.690. The van der Waals surface area contributed by atoms with Crippen molar-refractivity contribution in [3.63, 3.8) is 0 Å². The monoisotopic (exact) mass is 239 g/mol. The summed E-state index contributed by atoms with van der Waals surface area (Å²) in [6.45, 7) is 1.68. The minimum Gasteiger partial charge on any atom is -0.394 e. The summed E-state index contributed by atoms with van der Waals surface area (Å²) in [4.78, 5) is 12.8. The van der Waals surface area contributed by atoms with E-state index in [9.17, 15) is 17.1 Å². The van der Waals surface area contributed by atoms with Gasteiger partial charge in [-0.15, -0.1) is 3.89 Å². The standard InChI is InChI=1S/C8H14FNO4S/c1-6(4-11)10-3-7(2-8(10)12)5-15(9,13)14/h6-7,11H,2-5H2,1H3/t6-,7?/m0/s1. The normalized spacial score (nSPS) is 24.6. The molecule has 1 aliphatic heterocycles. The van der Waals surface area contributed by atoms with Crippen molar-refractivity contribution in [1.82, 2.24) is 4.90 Å². The van der Waals surface area contributed by atoms with Gasteiger partial charge in [-0.05, 0) is 6.92 Å². The SMILES string of the molecule is C[C@@H](CO)N1CC(CS(=O)(=O)F)CC1=O. The van der Waals surface area contributed by atoms with Gasteiger partial charge >= 0.3 is 10.2 Å². The highest BCUT2D eigenvalue weighted by atomic mass is 32.3. The van der Waals surface area contributed by atoms with Crippen molar-refractivity contribution in [2.75, 3.05) is 18.9 Å². The van der Waals surface area contributed by atoms with Crippen LogP contribution in [0.3, 0.4) is 0 Å². The lowest BCUT2D eigenvalue weighted by molar-refractivity contribution is -0.130. The van der Waals surface area contributed by atoms with Crippen LogP contribution in [0.2, 0.25) is 0 Å². The van der Waals surface area contributed by atoms with Crippen molar-refractivity contribution in [2.24, 2.45) is 5.92 Å². The maximum Gasteiger partial charge on any atom is 0.302 e. The first kappa shape index (κ1) is 12.4. The van der Waals surface area contributed by atoms with E-state index >= 15 is 0 Å². The highest BCUT2D eigenvalue weighted by Gasteiger charge is 2.34. The van der Waals surface area contributed by atoms with Crippen molar-refractivity contribution >= 4 is 16.1 Å². The maximum absolute atomic E-state index is 12.4. The van der Waals surface area contributed by atoms with Crippen LogP contribution in [-0.4, -0.2) is 49.3 Å². The van der Waals surface area contributed by atoms with Crippen molar-refractivity contribution in [3.05, 3.63) is 0 Å². The lowest BCUT2D eigenvalue weighted by atomic mass is 10.1. The summed E-state index contributed by atoms with van der Waals surface area (Å²) < 4.78 is 33.2. The van der Waals surface area contributed by atoms with Crippen LogP contribution in [0.1, 0.15) is 13.3 Å². The number of carbonyl (C=O) groups excluding carboxylic acids is 1. The summed E-state index contributed by atoms with van der Waals surface area (Å²) in [5.74, 6) is -1.35. The van der Waals surface area contributed by atoms with Gasteiger partial charge in [0.1, 0.15) is 0 Å². The lowest BCUT2D eigenvalue weighted by Crippen LogP contribution is -2.37. The van der Waals surface area contributed by atoms with Gasteiger partial charge in [0.25, 0.3) is 0 Å². The van der Waals surface area contributed by atoms with Crippen LogP contribution in [-0.2, 0) is 15.0 Å². The first-order chi connectivity index (χ1) is 6.83. The van der Waals surface area contributed by atoms with Crippen molar-refractivity contribution < 1.29 is 22.2 Å². The van der Waals surface area contributed by atoms with E-state index in [-0.39, 0.29) is 31.5 Å². The number of carbonyl (C=O) groups is 1. The van der Waals surface area contributed by atoms with Gasteiger partial charge in [-0.1, -0.05) is 0 Å². The topological polar surface area (TPSA) is 74.7 Å². The molecule has 0 aliphatic carbocycles. The number of nitrogens with zero attached hydrogens (tertiary/aromatic N) is 1. The molecule has 1 aliphatic rings. The number of halogens is 1. The largest absolute Gasteiger partial charge is 0.394 e. The molecule has 0 saturated carbocycles. The van der Waals surface area contributed by atoms with E-state index < -0.39 is 21.9 Å². The van der Waals surface area contributed by atoms with E-state index in [1.807, 2.05) is 0 Å². The number of aliphatic hydroxyl groups excluding tert-OH is 1. The number of aliphatic hydroxyl groups is 1. The van der Waals surface area contributed by atoms with E-state index in [1.54, 1.807) is 6.92 Å². The molecule has 2 atom stereocenters. The average Bonchev–Trinajstić information content (AvgIpc) is 2.42. The van der Waals surface area contributed by atoms with Crippen molar-refractivity contribution in [3.8, 4) is 0 Å².